The number of Topliss-reactive ketones (excluding diaryl/α,β-unsaturated/α-hetero) is 1. The summed E-state index contributed by atoms with van der Waals surface area (Å²) < 4.78 is 105. The molecule has 1 aromatic carbocycles. The summed E-state index contributed by atoms with van der Waals surface area (Å²) in [6.45, 7) is 1.40. The number of sulfone groups is 1. The van der Waals surface area contributed by atoms with Crippen LogP contribution in [0, 0.1) is 5.92 Å². The molecule has 1 aromatic heterocycles. The zero-order valence-corrected chi connectivity index (χ0v) is 28.2. The fraction of sp³-hybridized carbons (Fsp3) is 0.519. The molecular weight excluding hydrogens is 699 g/mol. The second kappa shape index (κ2) is 15.0. The molecule has 0 spiro atoms. The summed E-state index contributed by atoms with van der Waals surface area (Å²) in [7, 11) is -5.87. The fourth-order valence-corrected chi connectivity index (χ4v) is 9.22. The summed E-state index contributed by atoms with van der Waals surface area (Å²) in [4.78, 5) is 40.2. The molecule has 2 aromatic rings. The number of carbonyl (C=O) groups is 3. The lowest BCUT2D eigenvalue weighted by atomic mass is 9.98. The molecule has 1 aliphatic rings. The van der Waals surface area contributed by atoms with E-state index in [9.17, 15) is 44.4 Å². The van der Waals surface area contributed by atoms with Crippen molar-refractivity contribution in [3.8, 4) is 5.75 Å². The number of hydrogen-bond donors (Lipinski definition) is 2. The van der Waals surface area contributed by atoms with Crippen molar-refractivity contribution in [3.63, 3.8) is 0 Å². The van der Waals surface area contributed by atoms with E-state index in [4.69, 9.17) is 21.1 Å². The first kappa shape index (κ1) is 37.7. The van der Waals surface area contributed by atoms with Crippen LogP contribution in [0.1, 0.15) is 25.8 Å². The number of methoxy groups -OCH3 is 2. The summed E-state index contributed by atoms with van der Waals surface area (Å²) in [5.41, 5.74) is 0.363. The molecule has 19 heteroatoms. The summed E-state index contributed by atoms with van der Waals surface area (Å²) >= 11 is 6.55. The smallest absolute Gasteiger partial charge is 0.452 e. The Hall–Kier alpha value is -2.77. The molecule has 1 aliphatic heterocycles. The Labute approximate surface area is 273 Å². The van der Waals surface area contributed by atoms with Crippen LogP contribution in [0.15, 0.2) is 40.6 Å². The Morgan fingerprint density at radius 2 is 1.70 bits per heavy atom. The predicted molar refractivity (Wildman–Crippen MR) is 163 cm³/mol. The third-order valence-electron chi connectivity index (χ3n) is 7.15. The number of hydrogen-bond acceptors (Lipinski definition) is 10. The number of benzene rings is 1. The van der Waals surface area contributed by atoms with E-state index in [1.165, 1.54) is 64.5 Å². The minimum Gasteiger partial charge on any atom is -0.497 e. The van der Waals surface area contributed by atoms with E-state index in [2.05, 4.69) is 4.72 Å². The van der Waals surface area contributed by atoms with Gasteiger partial charge in [-0.25, -0.2) is 16.8 Å². The van der Waals surface area contributed by atoms with Crippen LogP contribution in [-0.2, 0) is 44.7 Å². The molecule has 12 nitrogen and oxygen atoms in total. The zero-order valence-electron chi connectivity index (χ0n) is 25.0. The van der Waals surface area contributed by atoms with Gasteiger partial charge in [0, 0.05) is 13.7 Å². The number of alkyl halides is 3. The number of ketones is 1. The van der Waals surface area contributed by atoms with Crippen molar-refractivity contribution >= 4 is 60.4 Å². The first-order chi connectivity index (χ1) is 21.3. The number of nitrogens with one attached hydrogen (secondary N) is 2. The first-order valence-corrected chi connectivity index (χ1v) is 18.0. The number of carbonyl (C=O) groups excluding carboxylic acids is 3. The van der Waals surface area contributed by atoms with Gasteiger partial charge < -0.3 is 19.7 Å². The molecule has 2 unspecified atom stereocenters. The zero-order chi connectivity index (χ0) is 34.6. The van der Waals surface area contributed by atoms with E-state index in [1.54, 1.807) is 0 Å². The minimum atomic E-state index is -5.29. The maximum atomic E-state index is 13.8. The molecule has 256 valence electrons. The molecule has 2 heterocycles. The average molecular weight is 732 g/mol. The largest absolute Gasteiger partial charge is 0.497 e. The Kier molecular flexibility index (Phi) is 12.3. The highest BCUT2D eigenvalue weighted by atomic mass is 35.5. The average Bonchev–Trinajstić information content (AvgIpc) is 3.62. The number of amides is 2. The van der Waals surface area contributed by atoms with E-state index in [0.717, 1.165) is 4.90 Å². The molecule has 2 amide bonds. The Bertz CT molecular complexity index is 1630. The van der Waals surface area contributed by atoms with Crippen LogP contribution in [-0.4, -0.2) is 96.3 Å². The Morgan fingerprint density at radius 3 is 2.20 bits per heavy atom. The Balaban J connectivity index is 1.97. The van der Waals surface area contributed by atoms with Crippen molar-refractivity contribution in [1.29, 1.82) is 0 Å². The molecule has 0 aliphatic carbocycles. The fourth-order valence-electron chi connectivity index (χ4n) is 4.79. The predicted octanol–water partition coefficient (Wildman–Crippen LogP) is 2.56. The summed E-state index contributed by atoms with van der Waals surface area (Å²) in [6, 6.07) is 3.23. The summed E-state index contributed by atoms with van der Waals surface area (Å²) in [5, 5.41) is 0.664. The second-order valence-corrected chi connectivity index (χ2v) is 16.7. The van der Waals surface area contributed by atoms with E-state index in [0.29, 0.717) is 22.6 Å². The third-order valence-corrected chi connectivity index (χ3v) is 12.4. The van der Waals surface area contributed by atoms with Gasteiger partial charge in [-0.05, 0) is 42.2 Å². The molecule has 3 rings (SSSR count). The number of sulfonamides is 1. The van der Waals surface area contributed by atoms with Gasteiger partial charge in [0.05, 0.1) is 35.1 Å². The van der Waals surface area contributed by atoms with Crippen molar-refractivity contribution in [1.82, 2.24) is 14.9 Å². The van der Waals surface area contributed by atoms with Crippen LogP contribution in [0.5, 0.6) is 5.75 Å². The Morgan fingerprint density at radius 1 is 1.07 bits per heavy atom. The highest BCUT2D eigenvalue weighted by Gasteiger charge is 2.49. The molecule has 2 N–H and O–H groups in total. The third kappa shape index (κ3) is 9.19. The number of ether oxygens (including phenoxy) is 2. The lowest BCUT2D eigenvalue weighted by Gasteiger charge is -2.30. The van der Waals surface area contributed by atoms with E-state index in [-0.39, 0.29) is 8.55 Å². The van der Waals surface area contributed by atoms with Crippen molar-refractivity contribution in [2.24, 2.45) is 5.92 Å². The first-order valence-electron chi connectivity index (χ1n) is 13.6. The van der Waals surface area contributed by atoms with Crippen LogP contribution in [0.4, 0.5) is 13.2 Å². The number of likely N-dealkylation sites (tertiary alicyclic amines) is 1. The van der Waals surface area contributed by atoms with Crippen LogP contribution < -0.4 is 14.8 Å². The van der Waals surface area contributed by atoms with Gasteiger partial charge in [-0.2, -0.15) is 17.9 Å². The van der Waals surface area contributed by atoms with Crippen molar-refractivity contribution < 1.29 is 53.9 Å². The quantitative estimate of drug-likeness (QED) is 0.297. The normalized spacial score (nSPS) is 18.8. The number of halogens is 4. The molecular formula is C27H33ClF3N3O9S3. The molecule has 1 saturated heterocycles. The van der Waals surface area contributed by atoms with E-state index < -0.39 is 98.3 Å². The van der Waals surface area contributed by atoms with Crippen LogP contribution >= 0.6 is 22.9 Å². The van der Waals surface area contributed by atoms with Crippen LogP contribution in [0.3, 0.4) is 0 Å². The highest BCUT2D eigenvalue weighted by Crippen LogP contribution is 2.30. The number of rotatable bonds is 14. The highest BCUT2D eigenvalue weighted by molar-refractivity contribution is 7.91. The van der Waals surface area contributed by atoms with E-state index in [1.807, 2.05) is 5.32 Å². The molecule has 1 fully saturated rings. The SMILES string of the molecule is COCC(NS(=O)(=O)c1ccc(Cl)s1)C(=O)N1C[C@H](S(=O)(=O)Cc2ccc(OC)cc2)C[C@H]1C(=O)NC(C(=O)C(F)(F)F)C(C)C. The van der Waals surface area contributed by atoms with Gasteiger partial charge >= 0.3 is 6.18 Å². The monoisotopic (exact) mass is 731 g/mol. The lowest BCUT2D eigenvalue weighted by molar-refractivity contribution is -0.175. The maximum Gasteiger partial charge on any atom is 0.452 e. The van der Waals surface area contributed by atoms with Gasteiger partial charge in [0.15, 0.2) is 9.84 Å². The molecule has 4 atom stereocenters. The van der Waals surface area contributed by atoms with E-state index >= 15 is 0 Å². The van der Waals surface area contributed by atoms with Gasteiger partial charge in [-0.3, -0.25) is 14.4 Å². The van der Waals surface area contributed by atoms with Crippen LogP contribution in [0.25, 0.3) is 0 Å². The molecule has 46 heavy (non-hydrogen) atoms. The molecule has 0 radical (unpaired) electrons. The number of thiophene rings is 1. The molecule has 0 saturated carbocycles. The van der Waals surface area contributed by atoms with Gasteiger partial charge in [-0.15, -0.1) is 11.3 Å². The van der Waals surface area contributed by atoms with Gasteiger partial charge in [0.25, 0.3) is 15.8 Å². The minimum absolute atomic E-state index is 0.143. The van der Waals surface area contributed by atoms with Crippen molar-refractivity contribution in [2.45, 2.75) is 59.8 Å². The van der Waals surface area contributed by atoms with Crippen molar-refractivity contribution in [2.75, 3.05) is 27.4 Å². The molecule has 0 bridgehead atoms. The summed E-state index contributed by atoms with van der Waals surface area (Å²) in [5.74, 6) is -5.57. The van der Waals surface area contributed by atoms with Crippen LogP contribution in [0.2, 0.25) is 4.34 Å². The van der Waals surface area contributed by atoms with Gasteiger partial charge in [0.2, 0.25) is 11.8 Å². The standard InChI is InChI=1S/C27H33ClF3N3O9S3/c1-15(2)23(24(35)27(29,30)31)32-25(36)20-11-18(45(38,39)14-16-5-7-17(43-4)8-6-16)12-34(20)26(37)19(13-42-3)33-46(40,41)22-10-9-21(28)44-22/h5-10,15,18-20,23,33H,11-14H2,1-4H3,(H,32,36)/t18-,19?,20+,23?/m1/s1. The van der Waals surface area contributed by atoms with Gasteiger partial charge in [-0.1, -0.05) is 37.6 Å². The topological polar surface area (TPSA) is 165 Å². The summed E-state index contributed by atoms with van der Waals surface area (Å²) in [6.07, 6.45) is -5.82. The second-order valence-electron chi connectivity index (χ2n) is 10.8. The van der Waals surface area contributed by atoms with Crippen molar-refractivity contribution in [3.05, 3.63) is 46.3 Å². The maximum absolute atomic E-state index is 13.8. The van der Waals surface area contributed by atoms with Gasteiger partial charge in [0.1, 0.15) is 22.0 Å². The lowest BCUT2D eigenvalue weighted by Crippen LogP contribution is -2.57. The number of nitrogens with zero attached hydrogens (tertiary/aromatic N) is 1.